The van der Waals surface area contributed by atoms with E-state index in [4.69, 9.17) is 0 Å². The summed E-state index contributed by atoms with van der Waals surface area (Å²) >= 11 is 3.75. The van der Waals surface area contributed by atoms with Crippen molar-refractivity contribution in [2.24, 2.45) is 0 Å². The second-order valence-corrected chi connectivity index (χ2v) is 2.69. The molecule has 0 aliphatic carbocycles. The van der Waals surface area contributed by atoms with Gasteiger partial charge in [0.25, 0.3) is 0 Å². The maximum atomic E-state index is 10.8. The molecule has 10 heavy (non-hydrogen) atoms. The molecule has 0 atom stereocenters. The molecule has 0 spiro atoms. The number of aromatic nitrogens is 1. The topological polar surface area (TPSA) is 30.0 Å². The van der Waals surface area contributed by atoms with E-state index in [9.17, 15) is 4.79 Å². The Morgan fingerprint density at radius 3 is 2.90 bits per heavy atom. The molecular weight excluding hydrogens is 166 g/mol. The smallest absolute Gasteiger partial charge is 0.247 e. The van der Waals surface area contributed by atoms with Crippen molar-refractivity contribution in [3.63, 3.8) is 0 Å². The number of nitrogens with zero attached hydrogens (tertiary/aromatic N) is 1. The second-order valence-electron chi connectivity index (χ2n) is 1.59. The molecule has 0 aliphatic heterocycles. The normalized spacial score (nSPS) is 9.30. The molecule has 0 aromatic carbocycles. The third-order valence-electron chi connectivity index (χ3n) is 0.957. The summed E-state index contributed by atoms with van der Waals surface area (Å²) < 4.78 is 0. The fourth-order valence-corrected chi connectivity index (χ4v) is 1.03. The standard InChI is InChI=1S/C6H5NOS2/c8-6(10-9)5-3-1-2-4-7-5/h1-4,9H. The number of pyridine rings is 1. The fraction of sp³-hybridized carbons (Fsp3) is 0. The highest BCUT2D eigenvalue weighted by atomic mass is 33.1. The SMILES string of the molecule is O=C(SS)c1ccccn1. The van der Waals surface area contributed by atoms with Crippen molar-refractivity contribution in [3.05, 3.63) is 30.1 Å². The predicted molar refractivity (Wildman–Crippen MR) is 45.1 cm³/mol. The van der Waals surface area contributed by atoms with E-state index in [1.165, 1.54) is 0 Å². The van der Waals surface area contributed by atoms with Crippen LogP contribution < -0.4 is 0 Å². The molecule has 0 fully saturated rings. The molecule has 1 aromatic rings. The van der Waals surface area contributed by atoms with E-state index in [1.54, 1.807) is 24.4 Å². The highest BCUT2D eigenvalue weighted by molar-refractivity contribution is 8.75. The third kappa shape index (κ3) is 1.75. The van der Waals surface area contributed by atoms with E-state index >= 15 is 0 Å². The second kappa shape index (κ2) is 3.63. The van der Waals surface area contributed by atoms with Gasteiger partial charge in [0, 0.05) is 6.20 Å². The van der Waals surface area contributed by atoms with Crippen LogP contribution in [0.3, 0.4) is 0 Å². The summed E-state index contributed by atoms with van der Waals surface area (Å²) in [5.74, 6) is 0. The van der Waals surface area contributed by atoms with Gasteiger partial charge in [-0.15, -0.1) is 11.7 Å². The zero-order valence-electron chi connectivity index (χ0n) is 5.02. The summed E-state index contributed by atoms with van der Waals surface area (Å²) in [4.78, 5) is 14.7. The van der Waals surface area contributed by atoms with Crippen LogP contribution in [0.5, 0.6) is 0 Å². The number of rotatable bonds is 1. The van der Waals surface area contributed by atoms with Gasteiger partial charge in [0.1, 0.15) is 5.69 Å². The predicted octanol–water partition coefficient (Wildman–Crippen LogP) is 1.80. The Morgan fingerprint density at radius 2 is 2.40 bits per heavy atom. The minimum absolute atomic E-state index is 0.121. The molecule has 0 bridgehead atoms. The molecule has 0 unspecified atom stereocenters. The molecule has 52 valence electrons. The maximum Gasteiger partial charge on any atom is 0.247 e. The Kier molecular flexibility index (Phi) is 2.77. The molecular formula is C6H5NOS2. The Hall–Kier alpha value is -0.480. The van der Waals surface area contributed by atoms with E-state index in [0.717, 1.165) is 10.8 Å². The van der Waals surface area contributed by atoms with Crippen LogP contribution in [0.2, 0.25) is 0 Å². The zero-order valence-corrected chi connectivity index (χ0v) is 6.73. The summed E-state index contributed by atoms with van der Waals surface area (Å²) in [6, 6.07) is 5.19. The van der Waals surface area contributed by atoms with Gasteiger partial charge in [0.15, 0.2) is 0 Å². The van der Waals surface area contributed by atoms with Gasteiger partial charge in [0.05, 0.1) is 0 Å². The van der Waals surface area contributed by atoms with Gasteiger partial charge < -0.3 is 0 Å². The van der Waals surface area contributed by atoms with Crippen LogP contribution in [0.15, 0.2) is 24.4 Å². The first-order valence-corrected chi connectivity index (χ1v) is 4.48. The Labute approximate surface area is 67.9 Å². The molecule has 0 saturated heterocycles. The van der Waals surface area contributed by atoms with Crippen LogP contribution in [-0.4, -0.2) is 10.1 Å². The number of hydrogen-bond donors (Lipinski definition) is 1. The van der Waals surface area contributed by atoms with E-state index < -0.39 is 0 Å². The molecule has 0 N–H and O–H groups in total. The van der Waals surface area contributed by atoms with Crippen LogP contribution >= 0.6 is 22.5 Å². The lowest BCUT2D eigenvalue weighted by Crippen LogP contribution is -1.92. The van der Waals surface area contributed by atoms with Crippen LogP contribution in [-0.2, 0) is 0 Å². The number of carbonyl (C=O) groups excluding carboxylic acids is 1. The summed E-state index contributed by atoms with van der Waals surface area (Å²) in [6.45, 7) is 0. The van der Waals surface area contributed by atoms with E-state index in [-0.39, 0.29) is 5.12 Å². The average molecular weight is 171 g/mol. The van der Waals surface area contributed by atoms with Crippen molar-refractivity contribution in [1.29, 1.82) is 0 Å². The van der Waals surface area contributed by atoms with E-state index in [0.29, 0.717) is 5.69 Å². The third-order valence-corrected chi connectivity index (χ3v) is 1.83. The zero-order chi connectivity index (χ0) is 7.40. The first-order valence-electron chi connectivity index (χ1n) is 2.61. The lowest BCUT2D eigenvalue weighted by Gasteiger charge is -1.91. The summed E-state index contributed by atoms with van der Waals surface area (Å²) in [6.07, 6.45) is 1.58. The molecule has 4 heteroatoms. The average Bonchev–Trinajstić information content (AvgIpc) is 2.05. The number of thiol groups is 1. The van der Waals surface area contributed by atoms with E-state index in [1.807, 2.05) is 0 Å². The van der Waals surface area contributed by atoms with Crippen LogP contribution in [0.25, 0.3) is 0 Å². The van der Waals surface area contributed by atoms with Crippen LogP contribution in [0.1, 0.15) is 10.5 Å². The van der Waals surface area contributed by atoms with Gasteiger partial charge in [-0.3, -0.25) is 9.78 Å². The van der Waals surface area contributed by atoms with Gasteiger partial charge >= 0.3 is 0 Å². The number of hydrogen-bond acceptors (Lipinski definition) is 4. The number of carbonyl (C=O) groups is 1. The first kappa shape index (κ1) is 7.63. The maximum absolute atomic E-state index is 10.8. The molecule has 1 aromatic heterocycles. The van der Waals surface area contributed by atoms with Gasteiger partial charge in [0.2, 0.25) is 5.12 Å². The molecule has 0 radical (unpaired) electrons. The van der Waals surface area contributed by atoms with Crippen molar-refractivity contribution in [2.45, 2.75) is 0 Å². The summed E-state index contributed by atoms with van der Waals surface area (Å²) in [5.41, 5.74) is 0.447. The van der Waals surface area contributed by atoms with Crippen LogP contribution in [0, 0.1) is 0 Å². The fourth-order valence-electron chi connectivity index (χ4n) is 0.530. The van der Waals surface area contributed by atoms with Gasteiger partial charge in [-0.2, -0.15) is 0 Å². The monoisotopic (exact) mass is 171 g/mol. The highest BCUT2D eigenvalue weighted by Gasteiger charge is 2.02. The van der Waals surface area contributed by atoms with Crippen molar-refractivity contribution in [1.82, 2.24) is 4.98 Å². The molecule has 0 amide bonds. The van der Waals surface area contributed by atoms with Crippen LogP contribution in [0.4, 0.5) is 0 Å². The van der Waals surface area contributed by atoms with Crippen molar-refractivity contribution in [3.8, 4) is 0 Å². The molecule has 0 aliphatic rings. The van der Waals surface area contributed by atoms with Crippen molar-refractivity contribution >= 4 is 27.6 Å². The molecule has 1 heterocycles. The lowest BCUT2D eigenvalue weighted by molar-refractivity contribution is 0.108. The van der Waals surface area contributed by atoms with Gasteiger partial charge in [-0.1, -0.05) is 6.07 Å². The van der Waals surface area contributed by atoms with Gasteiger partial charge in [-0.05, 0) is 22.9 Å². The van der Waals surface area contributed by atoms with E-state index in [2.05, 4.69) is 16.6 Å². The Morgan fingerprint density at radius 1 is 1.60 bits per heavy atom. The highest BCUT2D eigenvalue weighted by Crippen LogP contribution is 2.12. The van der Waals surface area contributed by atoms with Gasteiger partial charge in [-0.25, -0.2) is 0 Å². The first-order chi connectivity index (χ1) is 4.84. The minimum atomic E-state index is -0.121. The molecule has 1 rings (SSSR count). The van der Waals surface area contributed by atoms with Crippen molar-refractivity contribution < 1.29 is 4.79 Å². The Balaban J connectivity index is 2.85. The van der Waals surface area contributed by atoms with Crippen molar-refractivity contribution in [2.75, 3.05) is 0 Å². The molecule has 0 saturated carbocycles. The Bertz CT molecular complexity index is 224. The summed E-state index contributed by atoms with van der Waals surface area (Å²) in [7, 11) is 0.871. The summed E-state index contributed by atoms with van der Waals surface area (Å²) in [5, 5.41) is -0.121. The quantitative estimate of drug-likeness (QED) is 0.516. The largest absolute Gasteiger partial charge is 0.279 e. The lowest BCUT2D eigenvalue weighted by atomic mass is 10.4. The minimum Gasteiger partial charge on any atom is -0.279 e. The molecule has 2 nitrogen and oxygen atoms in total.